The third kappa shape index (κ3) is 1.72. The van der Waals surface area contributed by atoms with Crippen LogP contribution < -0.4 is 10.2 Å². The number of nitrogens with one attached hydrogen (secondary N) is 1. The molecule has 1 aliphatic rings. The van der Waals surface area contributed by atoms with Crippen LogP contribution in [0.25, 0.3) is 0 Å². The Hall–Kier alpha value is -0.730. The maximum absolute atomic E-state index is 5.97. The van der Waals surface area contributed by atoms with Crippen molar-refractivity contribution in [1.29, 1.82) is 0 Å². The van der Waals surface area contributed by atoms with Crippen molar-refractivity contribution in [3.05, 3.63) is 28.8 Å². The van der Waals surface area contributed by atoms with Crippen LogP contribution in [0.2, 0.25) is 5.02 Å². The van der Waals surface area contributed by atoms with E-state index in [1.54, 1.807) is 0 Å². The van der Waals surface area contributed by atoms with Gasteiger partial charge < -0.3 is 10.2 Å². The van der Waals surface area contributed by atoms with E-state index in [9.17, 15) is 0 Å². The first kappa shape index (κ1) is 9.81. The molecule has 1 saturated heterocycles. The molecule has 0 amide bonds. The van der Waals surface area contributed by atoms with Gasteiger partial charge in [-0.05, 0) is 31.7 Å². The van der Waals surface area contributed by atoms with Crippen molar-refractivity contribution in [2.75, 3.05) is 25.0 Å². The molecule has 2 rings (SSSR count). The number of likely N-dealkylation sites (N-methyl/N-ethyl adjacent to an activating group) is 1. The molecule has 0 unspecified atom stereocenters. The number of benzene rings is 1. The smallest absolute Gasteiger partial charge is 0.0426 e. The second-order valence-corrected chi connectivity index (χ2v) is 4.26. The van der Waals surface area contributed by atoms with E-state index >= 15 is 0 Å². The van der Waals surface area contributed by atoms with E-state index in [0.29, 0.717) is 6.04 Å². The summed E-state index contributed by atoms with van der Waals surface area (Å²) in [7, 11) is 2.01. The molecule has 1 aromatic rings. The minimum atomic E-state index is 0.633. The van der Waals surface area contributed by atoms with Crippen LogP contribution in [0.5, 0.6) is 0 Å². The Bertz CT molecular complexity index is 332. The van der Waals surface area contributed by atoms with Crippen LogP contribution >= 0.6 is 11.6 Å². The topological polar surface area (TPSA) is 15.3 Å². The molecule has 0 radical (unpaired) electrons. The zero-order valence-corrected chi connectivity index (χ0v) is 9.30. The van der Waals surface area contributed by atoms with Crippen LogP contribution in [-0.4, -0.2) is 26.2 Å². The van der Waals surface area contributed by atoms with Crippen molar-refractivity contribution >= 4 is 17.3 Å². The second kappa shape index (κ2) is 3.79. The summed E-state index contributed by atoms with van der Waals surface area (Å²) < 4.78 is 0. The molecule has 0 saturated carbocycles. The molecule has 1 fully saturated rings. The SMILES string of the molecule is CNC1CN(c2cc(Cl)ccc2C)C1. The summed E-state index contributed by atoms with van der Waals surface area (Å²) in [5, 5.41) is 4.08. The lowest BCUT2D eigenvalue weighted by Gasteiger charge is -2.41. The Morgan fingerprint density at radius 1 is 1.43 bits per heavy atom. The minimum Gasteiger partial charge on any atom is -0.368 e. The largest absolute Gasteiger partial charge is 0.368 e. The molecule has 14 heavy (non-hydrogen) atoms. The summed E-state index contributed by atoms with van der Waals surface area (Å²) >= 11 is 5.97. The fourth-order valence-electron chi connectivity index (χ4n) is 1.78. The Labute approximate surface area is 89.9 Å². The molecule has 1 aromatic carbocycles. The van der Waals surface area contributed by atoms with Crippen LogP contribution in [0.15, 0.2) is 18.2 Å². The fourth-order valence-corrected chi connectivity index (χ4v) is 1.95. The summed E-state index contributed by atoms with van der Waals surface area (Å²) in [6.07, 6.45) is 0. The third-order valence-electron chi connectivity index (χ3n) is 2.80. The van der Waals surface area contributed by atoms with Gasteiger partial charge >= 0.3 is 0 Å². The third-order valence-corrected chi connectivity index (χ3v) is 3.04. The lowest BCUT2D eigenvalue weighted by Crippen LogP contribution is -2.57. The van der Waals surface area contributed by atoms with Crippen molar-refractivity contribution in [3.63, 3.8) is 0 Å². The van der Waals surface area contributed by atoms with Crippen LogP contribution in [0.1, 0.15) is 5.56 Å². The number of nitrogens with zero attached hydrogens (tertiary/aromatic N) is 1. The highest BCUT2D eigenvalue weighted by atomic mass is 35.5. The Kier molecular flexibility index (Phi) is 2.66. The van der Waals surface area contributed by atoms with Gasteiger partial charge in [-0.3, -0.25) is 0 Å². The minimum absolute atomic E-state index is 0.633. The van der Waals surface area contributed by atoms with Gasteiger partial charge in [0.15, 0.2) is 0 Å². The number of rotatable bonds is 2. The van der Waals surface area contributed by atoms with Gasteiger partial charge in [-0.2, -0.15) is 0 Å². The molecular formula is C11H15ClN2. The quantitative estimate of drug-likeness (QED) is 0.804. The number of hydrogen-bond donors (Lipinski definition) is 1. The van der Waals surface area contributed by atoms with E-state index in [-0.39, 0.29) is 0 Å². The Balaban J connectivity index is 2.13. The zero-order chi connectivity index (χ0) is 10.1. The van der Waals surface area contributed by atoms with Gasteiger partial charge in [0.25, 0.3) is 0 Å². The first-order chi connectivity index (χ1) is 6.70. The highest BCUT2D eigenvalue weighted by Gasteiger charge is 2.26. The predicted molar refractivity (Wildman–Crippen MR) is 61.2 cm³/mol. The lowest BCUT2D eigenvalue weighted by molar-refractivity contribution is 0.450. The number of anilines is 1. The monoisotopic (exact) mass is 210 g/mol. The van der Waals surface area contributed by atoms with E-state index in [1.165, 1.54) is 11.3 Å². The summed E-state index contributed by atoms with van der Waals surface area (Å²) in [5.74, 6) is 0. The van der Waals surface area contributed by atoms with Crippen molar-refractivity contribution < 1.29 is 0 Å². The van der Waals surface area contributed by atoms with Gasteiger partial charge in [-0.25, -0.2) is 0 Å². The molecule has 0 spiro atoms. The molecular weight excluding hydrogens is 196 g/mol. The highest BCUT2D eigenvalue weighted by molar-refractivity contribution is 6.30. The van der Waals surface area contributed by atoms with Gasteiger partial charge in [0.1, 0.15) is 0 Å². The first-order valence-corrected chi connectivity index (χ1v) is 5.27. The molecule has 3 heteroatoms. The normalized spacial score (nSPS) is 16.9. The maximum Gasteiger partial charge on any atom is 0.0426 e. The molecule has 1 N–H and O–H groups in total. The molecule has 1 aliphatic heterocycles. The van der Waals surface area contributed by atoms with E-state index in [1.807, 2.05) is 19.2 Å². The summed E-state index contributed by atoms with van der Waals surface area (Å²) in [6, 6.07) is 6.69. The van der Waals surface area contributed by atoms with Crippen LogP contribution in [0.3, 0.4) is 0 Å². The van der Waals surface area contributed by atoms with Crippen molar-refractivity contribution in [2.24, 2.45) is 0 Å². The van der Waals surface area contributed by atoms with E-state index in [2.05, 4.69) is 23.2 Å². The van der Waals surface area contributed by atoms with E-state index < -0.39 is 0 Å². The molecule has 0 aromatic heterocycles. The van der Waals surface area contributed by atoms with Gasteiger partial charge in [0, 0.05) is 29.8 Å². The first-order valence-electron chi connectivity index (χ1n) is 4.89. The van der Waals surface area contributed by atoms with Crippen LogP contribution in [-0.2, 0) is 0 Å². The Morgan fingerprint density at radius 2 is 2.14 bits per heavy atom. The zero-order valence-electron chi connectivity index (χ0n) is 8.55. The van der Waals surface area contributed by atoms with Crippen molar-refractivity contribution in [3.8, 4) is 0 Å². The second-order valence-electron chi connectivity index (χ2n) is 3.82. The predicted octanol–water partition coefficient (Wildman–Crippen LogP) is 2.06. The average molecular weight is 211 g/mol. The van der Waals surface area contributed by atoms with Gasteiger partial charge in [0.05, 0.1) is 0 Å². The number of hydrogen-bond acceptors (Lipinski definition) is 2. The highest BCUT2D eigenvalue weighted by Crippen LogP contribution is 2.27. The van der Waals surface area contributed by atoms with Crippen molar-refractivity contribution in [1.82, 2.24) is 5.32 Å². The van der Waals surface area contributed by atoms with Gasteiger partial charge in [-0.15, -0.1) is 0 Å². The summed E-state index contributed by atoms with van der Waals surface area (Å²) in [4.78, 5) is 2.35. The Morgan fingerprint density at radius 3 is 2.79 bits per heavy atom. The molecule has 76 valence electrons. The van der Waals surface area contributed by atoms with E-state index in [0.717, 1.165) is 18.1 Å². The standard InChI is InChI=1S/C11H15ClN2/c1-8-3-4-9(12)5-11(8)14-6-10(7-14)13-2/h3-5,10,13H,6-7H2,1-2H3. The summed E-state index contributed by atoms with van der Waals surface area (Å²) in [6.45, 7) is 4.29. The molecule has 1 heterocycles. The average Bonchev–Trinajstić information content (AvgIpc) is 2.09. The molecule has 0 bridgehead atoms. The van der Waals surface area contributed by atoms with Crippen LogP contribution in [0.4, 0.5) is 5.69 Å². The molecule has 0 atom stereocenters. The number of halogens is 1. The fraction of sp³-hybridized carbons (Fsp3) is 0.455. The van der Waals surface area contributed by atoms with Gasteiger partial charge in [-0.1, -0.05) is 17.7 Å². The number of aryl methyl sites for hydroxylation is 1. The van der Waals surface area contributed by atoms with Crippen LogP contribution in [0, 0.1) is 6.92 Å². The molecule has 0 aliphatic carbocycles. The van der Waals surface area contributed by atoms with Gasteiger partial charge in [0.2, 0.25) is 0 Å². The molecule has 2 nitrogen and oxygen atoms in total. The lowest BCUT2D eigenvalue weighted by atomic mass is 10.1. The maximum atomic E-state index is 5.97. The van der Waals surface area contributed by atoms with E-state index in [4.69, 9.17) is 11.6 Å². The van der Waals surface area contributed by atoms with Crippen molar-refractivity contribution in [2.45, 2.75) is 13.0 Å². The summed E-state index contributed by atoms with van der Waals surface area (Å²) in [5.41, 5.74) is 2.56.